The van der Waals surface area contributed by atoms with Gasteiger partial charge in [-0.05, 0) is 11.6 Å². The quantitative estimate of drug-likeness (QED) is 0.390. The summed E-state index contributed by atoms with van der Waals surface area (Å²) in [6.45, 7) is 2.76. The molecule has 0 bridgehead atoms. The van der Waals surface area contributed by atoms with Gasteiger partial charge in [-0.2, -0.15) is 0 Å². The summed E-state index contributed by atoms with van der Waals surface area (Å²) in [5.41, 5.74) is 1.16. The monoisotopic (exact) mass is 176 g/mol. The summed E-state index contributed by atoms with van der Waals surface area (Å²) in [4.78, 5) is 0. The Labute approximate surface area is 78.2 Å². The van der Waals surface area contributed by atoms with Crippen molar-refractivity contribution in [2.24, 2.45) is 0 Å². The fourth-order valence-corrected chi connectivity index (χ4v) is 0.889. The molecule has 0 aliphatic carbocycles. The van der Waals surface area contributed by atoms with E-state index in [1.807, 2.05) is 42.5 Å². The van der Waals surface area contributed by atoms with Crippen molar-refractivity contribution >= 4 is 12.5 Å². The van der Waals surface area contributed by atoms with Gasteiger partial charge in [0.25, 0.3) is 0 Å². The van der Waals surface area contributed by atoms with E-state index in [-0.39, 0.29) is 0 Å². The Hall–Kier alpha value is -1.57. The first-order valence-corrected chi connectivity index (χ1v) is 4.05. The lowest BCUT2D eigenvalue weighted by Gasteiger charge is -1.93. The molecule has 0 spiro atoms. The van der Waals surface area contributed by atoms with Gasteiger partial charge in [-0.15, -0.1) is 0 Å². The first-order chi connectivity index (χ1) is 6.43. The van der Waals surface area contributed by atoms with Gasteiger partial charge in [0.05, 0.1) is 0 Å². The molecule has 0 unspecified atom stereocenters. The minimum Gasteiger partial charge on any atom is -0.506 e. The van der Waals surface area contributed by atoms with Crippen molar-refractivity contribution < 1.29 is 9.16 Å². The zero-order chi connectivity index (χ0) is 9.36. The summed E-state index contributed by atoms with van der Waals surface area (Å²) in [6.07, 6.45) is 3.89. The van der Waals surface area contributed by atoms with E-state index in [0.717, 1.165) is 5.56 Å². The molecule has 0 heterocycles. The van der Waals surface area contributed by atoms with Crippen LogP contribution in [0.3, 0.4) is 0 Å². The number of hydrogen-bond acceptors (Lipinski definition) is 1. The Morgan fingerprint density at radius 3 is 2.85 bits per heavy atom. The lowest BCUT2D eigenvalue weighted by Crippen LogP contribution is -1.87. The van der Waals surface area contributed by atoms with Gasteiger partial charge < -0.3 is 9.16 Å². The zero-order valence-electron chi connectivity index (χ0n) is 7.57. The minimum absolute atomic E-state index is 0.475. The van der Waals surface area contributed by atoms with Gasteiger partial charge in [-0.3, -0.25) is 0 Å². The average molecular weight is 176 g/mol. The second-order valence-corrected chi connectivity index (χ2v) is 2.41. The van der Waals surface area contributed by atoms with Crippen LogP contribution in [-0.4, -0.2) is 20.2 Å². The first kappa shape index (κ1) is 9.52. The zero-order valence-corrected chi connectivity index (χ0v) is 7.57. The molecule has 0 radical (unpaired) electrons. The number of hydrogen-bond donors (Lipinski definition) is 0. The molecule has 13 heavy (non-hydrogen) atoms. The van der Waals surface area contributed by atoms with Crippen LogP contribution >= 0.6 is 0 Å². The van der Waals surface area contributed by atoms with Crippen molar-refractivity contribution in [1.82, 2.24) is 0 Å². The Balaban J connectivity index is 2.32. The molecule has 0 aromatic heterocycles. The molecule has 1 aromatic rings. The van der Waals surface area contributed by atoms with E-state index < -0.39 is 0 Å². The average Bonchev–Trinajstić information content (AvgIpc) is 2.19. The number of benzene rings is 1. The van der Waals surface area contributed by atoms with Gasteiger partial charge in [-0.25, -0.2) is 0 Å². The van der Waals surface area contributed by atoms with Gasteiger partial charge in [-0.1, -0.05) is 36.4 Å². The van der Waals surface area contributed by atoms with Gasteiger partial charge >= 0.3 is 0 Å². The summed E-state index contributed by atoms with van der Waals surface area (Å²) in [5, 5.41) is 0. The normalized spacial score (nSPS) is 11.2. The third kappa shape index (κ3) is 4.11. The van der Waals surface area contributed by atoms with Crippen LogP contribution in [0, 0.1) is 0 Å². The predicted molar refractivity (Wildman–Crippen MR) is 53.0 cm³/mol. The van der Waals surface area contributed by atoms with Gasteiger partial charge in [0.2, 0.25) is 0 Å². The third-order valence-corrected chi connectivity index (χ3v) is 1.43. The molecule has 1 aromatic carbocycles. The Morgan fingerprint density at radius 2 is 2.15 bits per heavy atom. The topological polar surface area (TPSA) is 20.5 Å². The molecule has 68 valence electrons. The van der Waals surface area contributed by atoms with Crippen LogP contribution in [0.2, 0.25) is 0 Å². The van der Waals surface area contributed by atoms with Crippen LogP contribution in [-0.2, 0) is 9.16 Å². The molecule has 2 nitrogen and oxygen atoms in total. The highest BCUT2D eigenvalue weighted by Crippen LogP contribution is 2.00. The summed E-state index contributed by atoms with van der Waals surface area (Å²) < 4.78 is 9.33. The van der Waals surface area contributed by atoms with Crippen molar-refractivity contribution in [2.45, 2.75) is 0 Å². The molecule has 2 heteroatoms. The second-order valence-electron chi connectivity index (χ2n) is 2.41. The van der Waals surface area contributed by atoms with E-state index in [0.29, 0.717) is 6.61 Å². The molecule has 0 amide bonds. The molecule has 0 fully saturated rings. The first-order valence-electron chi connectivity index (χ1n) is 4.05. The van der Waals surface area contributed by atoms with E-state index in [2.05, 4.69) is 10.9 Å². The van der Waals surface area contributed by atoms with Crippen molar-refractivity contribution in [2.75, 3.05) is 13.7 Å². The molecule has 0 atom stereocenters. The van der Waals surface area contributed by atoms with Gasteiger partial charge in [0.1, 0.15) is 7.11 Å². The van der Waals surface area contributed by atoms with E-state index in [1.165, 1.54) is 7.11 Å². The molecule has 0 saturated carbocycles. The number of ether oxygens (including phenoxy) is 1. The lowest BCUT2D eigenvalue weighted by molar-refractivity contribution is 0.135. The van der Waals surface area contributed by atoms with Gasteiger partial charge in [0.15, 0.2) is 13.1 Å². The van der Waals surface area contributed by atoms with E-state index in [9.17, 15) is 0 Å². The molecule has 0 N–H and O–H groups in total. The van der Waals surface area contributed by atoms with Crippen molar-refractivity contribution in [1.29, 1.82) is 0 Å². The number of carbonyl (C=O) groups excluding carboxylic acids is 1. The Kier molecular flexibility index (Phi) is 4.39. The highest BCUT2D eigenvalue weighted by molar-refractivity contribution is 5.49. The van der Waals surface area contributed by atoms with E-state index in [4.69, 9.17) is 4.74 Å². The van der Waals surface area contributed by atoms with E-state index in [1.54, 1.807) is 0 Å². The maximum absolute atomic E-state index is 4.85. The van der Waals surface area contributed by atoms with Crippen molar-refractivity contribution in [3.8, 4) is 0 Å². The van der Waals surface area contributed by atoms with Crippen molar-refractivity contribution in [3.63, 3.8) is 0 Å². The van der Waals surface area contributed by atoms with Gasteiger partial charge in [0, 0.05) is 0 Å². The minimum atomic E-state index is 0.475. The molecular weight excluding hydrogens is 164 g/mol. The smallest absolute Gasteiger partial charge is 0.170 e. The van der Waals surface area contributed by atoms with Crippen LogP contribution < -0.4 is 0 Å². The molecule has 0 aliphatic heterocycles. The van der Waals surface area contributed by atoms with E-state index >= 15 is 0 Å². The summed E-state index contributed by atoms with van der Waals surface area (Å²) >= 11 is 0. The highest BCUT2D eigenvalue weighted by Gasteiger charge is 1.81. The lowest BCUT2D eigenvalue weighted by atomic mass is 10.2. The highest BCUT2D eigenvalue weighted by atomic mass is 16.6. The second kappa shape index (κ2) is 6.00. The summed E-state index contributed by atoms with van der Waals surface area (Å²) in [5.74, 6) is 0. The van der Waals surface area contributed by atoms with Crippen LogP contribution in [0.5, 0.6) is 0 Å². The maximum Gasteiger partial charge on any atom is 0.170 e. The number of rotatable bonds is 4. The maximum atomic E-state index is 4.85. The van der Waals surface area contributed by atoms with Crippen LogP contribution in [0.4, 0.5) is 0 Å². The summed E-state index contributed by atoms with van der Waals surface area (Å²) in [7, 11) is 1.50. The Morgan fingerprint density at radius 1 is 1.38 bits per heavy atom. The fourth-order valence-electron chi connectivity index (χ4n) is 0.889. The van der Waals surface area contributed by atoms with Crippen LogP contribution in [0.15, 0.2) is 36.4 Å². The van der Waals surface area contributed by atoms with Crippen molar-refractivity contribution in [3.05, 3.63) is 42.0 Å². The van der Waals surface area contributed by atoms with Crippen LogP contribution in [0.25, 0.3) is 6.08 Å². The SMILES string of the molecule is C[O+]=[C-]OC/C=C/c1ccccc1. The van der Waals surface area contributed by atoms with Crippen LogP contribution in [0.1, 0.15) is 5.56 Å². The third-order valence-electron chi connectivity index (χ3n) is 1.43. The molecule has 0 saturated heterocycles. The predicted octanol–water partition coefficient (Wildman–Crippen LogP) is 1.95. The fraction of sp³-hybridized carbons (Fsp3) is 0.182. The largest absolute Gasteiger partial charge is 0.506 e. The molecular formula is C11H12O2. The molecule has 0 aliphatic rings. The Bertz CT molecular complexity index is 275. The summed E-state index contributed by atoms with van der Waals surface area (Å²) in [6, 6.07) is 10.0. The molecule has 1 rings (SSSR count). The standard InChI is InChI=1S/C11H12O2/c1-12-10-13-9-5-8-11-6-3-2-4-7-11/h2-8H,9H2,1H3/b8-5+.